The minimum Gasteiger partial charge on any atom is -0.382 e. The van der Waals surface area contributed by atoms with Crippen molar-refractivity contribution in [1.82, 2.24) is 9.80 Å². The van der Waals surface area contributed by atoms with Crippen LogP contribution in [-0.4, -0.2) is 59.4 Å². The number of thiophene rings is 1. The number of ether oxygens (including phenoxy) is 1. The fourth-order valence-corrected chi connectivity index (χ4v) is 5.40. The van der Waals surface area contributed by atoms with Crippen molar-refractivity contribution in [3.63, 3.8) is 0 Å². The highest BCUT2D eigenvalue weighted by Crippen LogP contribution is 2.37. The van der Waals surface area contributed by atoms with E-state index in [2.05, 4.69) is 11.4 Å². The van der Waals surface area contributed by atoms with Crippen LogP contribution in [0.25, 0.3) is 0 Å². The number of carbonyl (C=O) groups excluding carboxylic acids is 2. The summed E-state index contributed by atoms with van der Waals surface area (Å²) in [6, 6.07) is 17.3. The van der Waals surface area contributed by atoms with Crippen molar-refractivity contribution in [3.05, 3.63) is 97.7 Å². The largest absolute Gasteiger partial charge is 0.382 e. The van der Waals surface area contributed by atoms with Crippen LogP contribution >= 0.6 is 11.3 Å². The van der Waals surface area contributed by atoms with Gasteiger partial charge in [-0.15, -0.1) is 11.3 Å². The van der Waals surface area contributed by atoms with Crippen molar-refractivity contribution in [1.29, 1.82) is 0 Å². The second-order valence-corrected chi connectivity index (χ2v) is 9.53. The lowest BCUT2D eigenvalue weighted by Crippen LogP contribution is -2.47. The topological polar surface area (TPSA) is 93.0 Å². The van der Waals surface area contributed by atoms with E-state index in [0.717, 1.165) is 17.5 Å². The maximum absolute atomic E-state index is 13.7. The first kappa shape index (κ1) is 25.5. The second-order valence-electron chi connectivity index (χ2n) is 8.53. The molecular weight excluding hydrogens is 478 g/mol. The van der Waals surface area contributed by atoms with Crippen molar-refractivity contribution in [2.45, 2.75) is 25.8 Å². The number of carbonyl (C=O) groups is 2. The van der Waals surface area contributed by atoms with Gasteiger partial charge in [0.15, 0.2) is 0 Å². The van der Waals surface area contributed by atoms with E-state index >= 15 is 0 Å². The molecule has 0 aliphatic carbocycles. The van der Waals surface area contributed by atoms with Gasteiger partial charge in [0.1, 0.15) is 6.54 Å². The number of hydrogen-bond acceptors (Lipinski definition) is 6. The van der Waals surface area contributed by atoms with Gasteiger partial charge in [0, 0.05) is 48.9 Å². The van der Waals surface area contributed by atoms with Gasteiger partial charge in [-0.1, -0.05) is 30.3 Å². The summed E-state index contributed by atoms with van der Waals surface area (Å²) < 4.78 is 5.43. The molecule has 2 heterocycles. The molecule has 1 aliphatic rings. The Morgan fingerprint density at radius 3 is 2.58 bits per heavy atom. The summed E-state index contributed by atoms with van der Waals surface area (Å²) in [5.74, 6) is -0.466. The van der Waals surface area contributed by atoms with Gasteiger partial charge in [-0.3, -0.25) is 19.7 Å². The molecule has 0 saturated carbocycles. The predicted molar refractivity (Wildman–Crippen MR) is 138 cm³/mol. The van der Waals surface area contributed by atoms with Crippen LogP contribution in [0.3, 0.4) is 0 Å². The zero-order valence-electron chi connectivity index (χ0n) is 20.2. The van der Waals surface area contributed by atoms with E-state index in [9.17, 15) is 19.7 Å². The van der Waals surface area contributed by atoms with Crippen LogP contribution in [0, 0.1) is 10.1 Å². The Morgan fingerprint density at radius 2 is 1.89 bits per heavy atom. The minimum atomic E-state index is -0.504. The number of nitro groups is 1. The summed E-state index contributed by atoms with van der Waals surface area (Å²) in [7, 11) is 0. The van der Waals surface area contributed by atoms with E-state index in [0.29, 0.717) is 38.3 Å². The fourth-order valence-electron chi connectivity index (χ4n) is 4.50. The van der Waals surface area contributed by atoms with Crippen LogP contribution in [-0.2, 0) is 16.0 Å². The molecule has 1 aromatic heterocycles. The Kier molecular flexibility index (Phi) is 8.45. The van der Waals surface area contributed by atoms with Crippen LogP contribution in [0.2, 0.25) is 0 Å². The number of hydrogen-bond donors (Lipinski definition) is 0. The predicted octanol–water partition coefficient (Wildman–Crippen LogP) is 4.70. The average Bonchev–Trinajstić information content (AvgIpc) is 3.39. The van der Waals surface area contributed by atoms with Crippen molar-refractivity contribution < 1.29 is 19.2 Å². The Bertz CT molecular complexity index is 1200. The van der Waals surface area contributed by atoms with Crippen molar-refractivity contribution >= 4 is 28.8 Å². The molecule has 1 aliphatic heterocycles. The van der Waals surface area contributed by atoms with Crippen LogP contribution < -0.4 is 0 Å². The Hall–Kier alpha value is -3.56. The molecule has 3 aromatic rings. The smallest absolute Gasteiger partial charge is 0.269 e. The molecule has 0 bridgehead atoms. The molecule has 1 unspecified atom stereocenters. The maximum atomic E-state index is 13.7. The molecule has 188 valence electrons. The van der Waals surface area contributed by atoms with E-state index in [4.69, 9.17) is 4.74 Å². The van der Waals surface area contributed by atoms with E-state index in [1.807, 2.05) is 42.2 Å². The third-order valence-corrected chi connectivity index (χ3v) is 7.26. The normalized spacial score (nSPS) is 14.8. The Morgan fingerprint density at radius 1 is 1.14 bits per heavy atom. The highest BCUT2D eigenvalue weighted by molar-refractivity contribution is 7.10. The molecule has 0 saturated heterocycles. The van der Waals surface area contributed by atoms with E-state index in [1.54, 1.807) is 11.3 Å². The van der Waals surface area contributed by atoms with Gasteiger partial charge in [-0.2, -0.15) is 0 Å². The van der Waals surface area contributed by atoms with Crippen LogP contribution in [0.4, 0.5) is 5.69 Å². The summed E-state index contributed by atoms with van der Waals surface area (Å²) >= 11 is 1.71. The monoisotopic (exact) mass is 507 g/mol. The van der Waals surface area contributed by atoms with Gasteiger partial charge < -0.3 is 14.5 Å². The Labute approximate surface area is 214 Å². The van der Waals surface area contributed by atoms with Crippen molar-refractivity contribution in [2.75, 3.05) is 32.8 Å². The fraction of sp³-hybridized carbons (Fsp3) is 0.333. The maximum Gasteiger partial charge on any atom is 0.269 e. The van der Waals surface area contributed by atoms with Gasteiger partial charge in [0.25, 0.3) is 11.6 Å². The molecule has 0 N–H and O–H groups in total. The van der Waals surface area contributed by atoms with Gasteiger partial charge in [0.2, 0.25) is 5.91 Å². The summed E-state index contributed by atoms with van der Waals surface area (Å²) in [6.07, 6.45) is 1.36. The lowest BCUT2D eigenvalue weighted by molar-refractivity contribution is -0.384. The molecule has 2 amide bonds. The van der Waals surface area contributed by atoms with Crippen molar-refractivity contribution in [3.8, 4) is 0 Å². The number of fused-ring (bicyclic) bond motifs is 1. The zero-order valence-corrected chi connectivity index (χ0v) is 21.0. The number of nitrogens with zero attached hydrogens (tertiary/aromatic N) is 3. The van der Waals surface area contributed by atoms with Gasteiger partial charge >= 0.3 is 0 Å². The first-order valence-electron chi connectivity index (χ1n) is 12.0. The number of benzene rings is 2. The van der Waals surface area contributed by atoms with Gasteiger partial charge in [-0.05, 0) is 54.5 Å². The molecule has 9 heteroatoms. The third-order valence-electron chi connectivity index (χ3n) is 6.26. The summed E-state index contributed by atoms with van der Waals surface area (Å²) in [5.41, 5.74) is 2.39. The average molecular weight is 508 g/mol. The van der Waals surface area contributed by atoms with E-state index < -0.39 is 4.92 Å². The molecule has 0 fully saturated rings. The zero-order chi connectivity index (χ0) is 25.5. The number of nitro benzene ring substituents is 1. The van der Waals surface area contributed by atoms with E-state index in [1.165, 1.54) is 34.0 Å². The number of non-ortho nitro benzene ring substituents is 1. The summed E-state index contributed by atoms with van der Waals surface area (Å²) in [5, 5.41) is 13.1. The molecule has 36 heavy (non-hydrogen) atoms. The first-order valence-corrected chi connectivity index (χ1v) is 12.9. The van der Waals surface area contributed by atoms with Crippen LogP contribution in [0.1, 0.15) is 45.7 Å². The quantitative estimate of drug-likeness (QED) is 0.225. The lowest BCUT2D eigenvalue weighted by atomic mass is 9.93. The molecule has 0 spiro atoms. The number of rotatable bonds is 10. The molecule has 8 nitrogen and oxygen atoms in total. The minimum absolute atomic E-state index is 0.0786. The van der Waals surface area contributed by atoms with Gasteiger partial charge in [0.05, 0.1) is 11.0 Å². The molecule has 2 aromatic carbocycles. The van der Waals surface area contributed by atoms with Crippen LogP contribution in [0.15, 0.2) is 66.0 Å². The summed E-state index contributed by atoms with van der Waals surface area (Å²) in [6.45, 7) is 3.79. The van der Waals surface area contributed by atoms with Crippen molar-refractivity contribution in [2.24, 2.45) is 0 Å². The molecule has 0 radical (unpaired) electrons. The van der Waals surface area contributed by atoms with Gasteiger partial charge in [-0.25, -0.2) is 0 Å². The standard InChI is InChI=1S/C27H29N3O5S/c1-2-35-17-6-15-28(27(32)21-9-11-22(12-10-21)30(33)34)19-25(31)29-16-13-24-23(14-18-36-24)26(29)20-7-4-3-5-8-20/h3-5,7-12,14,18,26H,2,6,13,15-17,19H2,1H3. The first-order chi connectivity index (χ1) is 17.5. The van der Waals surface area contributed by atoms with E-state index in [-0.39, 0.29) is 30.1 Å². The highest BCUT2D eigenvalue weighted by atomic mass is 32.1. The summed E-state index contributed by atoms with van der Waals surface area (Å²) in [4.78, 5) is 42.2. The highest BCUT2D eigenvalue weighted by Gasteiger charge is 2.34. The Balaban J connectivity index is 1.57. The van der Waals surface area contributed by atoms with Crippen LogP contribution in [0.5, 0.6) is 0 Å². The number of amides is 2. The molecule has 4 rings (SSSR count). The lowest BCUT2D eigenvalue weighted by Gasteiger charge is -2.37. The SMILES string of the molecule is CCOCCCN(CC(=O)N1CCc2sccc2C1c1ccccc1)C(=O)c1ccc([N+](=O)[O-])cc1. The molecular formula is C27H29N3O5S. The second kappa shape index (κ2) is 11.9. The third kappa shape index (κ3) is 5.80. The molecule has 1 atom stereocenters.